The number of rotatable bonds is 9. The minimum absolute atomic E-state index is 0.000568. The molecular weight excluding hydrogens is 576 g/mol. The third-order valence-corrected chi connectivity index (χ3v) is 7.17. The van der Waals surface area contributed by atoms with E-state index in [1.807, 2.05) is 66.7 Å². The summed E-state index contributed by atoms with van der Waals surface area (Å²) in [6, 6.07) is 36.8. The number of nitriles is 1. The Morgan fingerprint density at radius 2 is 1.49 bits per heavy atom. The van der Waals surface area contributed by atoms with Gasteiger partial charge in [0.1, 0.15) is 36.4 Å². The van der Waals surface area contributed by atoms with E-state index in [0.717, 1.165) is 21.2 Å². The largest absolute Gasteiger partial charge is 0.489 e. The third-order valence-electron chi connectivity index (χ3n) is 6.65. The minimum atomic E-state index is -0.484. The number of amides is 1. The number of hydrogen-bond acceptors (Lipinski definition) is 4. The zero-order chi connectivity index (χ0) is 28.6. The molecule has 0 spiro atoms. The fourth-order valence-electron chi connectivity index (χ4n) is 4.35. The van der Waals surface area contributed by atoms with Crippen LogP contribution < -0.4 is 14.8 Å². The van der Waals surface area contributed by atoms with Crippen LogP contribution in [-0.2, 0) is 18.0 Å². The molecule has 1 amide bonds. The van der Waals surface area contributed by atoms with Crippen LogP contribution in [-0.4, -0.2) is 5.91 Å². The molecule has 1 N–H and O–H groups in total. The van der Waals surface area contributed by atoms with E-state index in [-0.39, 0.29) is 5.57 Å². The Hall–Kier alpha value is -4.86. The van der Waals surface area contributed by atoms with Crippen molar-refractivity contribution in [2.45, 2.75) is 20.1 Å². The van der Waals surface area contributed by atoms with Crippen LogP contribution in [0.15, 0.2) is 119 Å². The van der Waals surface area contributed by atoms with Gasteiger partial charge in [-0.15, -0.1) is 0 Å². The fraction of sp³-hybridized carbons (Fsp3) is 0.0857. The molecule has 5 rings (SSSR count). The van der Waals surface area contributed by atoms with E-state index >= 15 is 0 Å². The topological polar surface area (TPSA) is 71.3 Å². The van der Waals surface area contributed by atoms with Gasteiger partial charge in [0.2, 0.25) is 0 Å². The van der Waals surface area contributed by atoms with Crippen LogP contribution in [0.2, 0.25) is 0 Å². The summed E-state index contributed by atoms with van der Waals surface area (Å²) in [4.78, 5) is 12.8. The number of ether oxygens (including phenoxy) is 2. The van der Waals surface area contributed by atoms with Crippen LogP contribution in [0.1, 0.15) is 22.3 Å². The molecule has 0 saturated heterocycles. The number of benzene rings is 5. The summed E-state index contributed by atoms with van der Waals surface area (Å²) in [5, 5.41) is 14.8. The fourth-order valence-corrected chi connectivity index (χ4v) is 4.61. The van der Waals surface area contributed by atoms with Crippen molar-refractivity contribution in [2.75, 3.05) is 5.32 Å². The van der Waals surface area contributed by atoms with Crippen LogP contribution in [0.25, 0.3) is 16.8 Å². The summed E-state index contributed by atoms with van der Waals surface area (Å²) in [5.74, 6) is 0.905. The molecule has 0 fully saturated rings. The van der Waals surface area contributed by atoms with Gasteiger partial charge in [0.15, 0.2) is 0 Å². The van der Waals surface area contributed by atoms with Gasteiger partial charge in [-0.05, 0) is 89.0 Å². The second-order valence-electron chi connectivity index (χ2n) is 9.50. The van der Waals surface area contributed by atoms with Gasteiger partial charge in [-0.1, -0.05) is 76.6 Å². The Morgan fingerprint density at radius 1 is 0.829 bits per heavy atom. The van der Waals surface area contributed by atoms with E-state index in [0.29, 0.717) is 30.4 Å². The molecule has 6 heteroatoms. The van der Waals surface area contributed by atoms with Gasteiger partial charge in [-0.2, -0.15) is 5.26 Å². The Morgan fingerprint density at radius 3 is 2.20 bits per heavy atom. The first-order valence-corrected chi connectivity index (χ1v) is 13.9. The van der Waals surface area contributed by atoms with Crippen molar-refractivity contribution in [3.8, 4) is 17.6 Å². The molecule has 0 aliphatic carbocycles. The minimum Gasteiger partial charge on any atom is -0.489 e. The van der Waals surface area contributed by atoms with Gasteiger partial charge in [0.25, 0.3) is 5.91 Å². The Balaban J connectivity index is 1.18. The van der Waals surface area contributed by atoms with Gasteiger partial charge in [0, 0.05) is 15.7 Å². The van der Waals surface area contributed by atoms with E-state index in [1.54, 1.807) is 30.3 Å². The Kier molecular flexibility index (Phi) is 8.78. The van der Waals surface area contributed by atoms with E-state index in [9.17, 15) is 10.1 Å². The molecule has 0 saturated carbocycles. The average molecular weight is 604 g/mol. The van der Waals surface area contributed by atoms with Crippen LogP contribution >= 0.6 is 15.9 Å². The summed E-state index contributed by atoms with van der Waals surface area (Å²) < 4.78 is 12.9. The third kappa shape index (κ3) is 7.21. The molecule has 0 radical (unpaired) electrons. The highest BCUT2D eigenvalue weighted by Crippen LogP contribution is 2.25. The van der Waals surface area contributed by atoms with Gasteiger partial charge in [-0.25, -0.2) is 0 Å². The predicted molar refractivity (Wildman–Crippen MR) is 167 cm³/mol. The molecule has 5 aromatic carbocycles. The lowest BCUT2D eigenvalue weighted by atomic mass is 10.0. The van der Waals surface area contributed by atoms with Crippen molar-refractivity contribution in [1.82, 2.24) is 0 Å². The summed E-state index contributed by atoms with van der Waals surface area (Å²) in [6.07, 6.45) is 1.56. The average Bonchev–Trinajstić information content (AvgIpc) is 3.00. The highest BCUT2D eigenvalue weighted by Gasteiger charge is 2.11. The molecule has 0 bridgehead atoms. The van der Waals surface area contributed by atoms with Crippen molar-refractivity contribution >= 4 is 44.4 Å². The summed E-state index contributed by atoms with van der Waals surface area (Å²) in [6.45, 7) is 2.97. The van der Waals surface area contributed by atoms with E-state index in [2.05, 4.69) is 52.4 Å². The first-order valence-electron chi connectivity index (χ1n) is 13.1. The van der Waals surface area contributed by atoms with Gasteiger partial charge in [-0.3, -0.25) is 4.79 Å². The zero-order valence-electron chi connectivity index (χ0n) is 22.4. The molecule has 41 heavy (non-hydrogen) atoms. The molecule has 0 atom stereocenters. The number of anilines is 1. The highest BCUT2D eigenvalue weighted by molar-refractivity contribution is 9.10. The van der Waals surface area contributed by atoms with Crippen LogP contribution in [0.3, 0.4) is 0 Å². The summed E-state index contributed by atoms with van der Waals surface area (Å²) in [7, 11) is 0. The van der Waals surface area contributed by atoms with Crippen molar-refractivity contribution in [2.24, 2.45) is 0 Å². The maximum Gasteiger partial charge on any atom is 0.266 e. The normalized spacial score (nSPS) is 11.1. The maximum absolute atomic E-state index is 12.8. The Labute approximate surface area is 247 Å². The van der Waals surface area contributed by atoms with Crippen molar-refractivity contribution in [1.29, 1.82) is 5.26 Å². The standard InChI is InChI=1S/C35H27BrN2O3/c1-24-6-11-27-4-2-3-5-33(27)34(24)23-41-31-16-9-25(10-17-31)20-28(21-37)35(39)38-30-14-18-32(19-15-30)40-22-26-7-12-29(36)13-8-26/h2-20H,22-23H2,1H3,(H,38,39)/b28-20+. The molecule has 202 valence electrons. The molecule has 0 aromatic heterocycles. The van der Waals surface area contributed by atoms with E-state index in [4.69, 9.17) is 9.47 Å². The zero-order valence-corrected chi connectivity index (χ0v) is 24.0. The number of aryl methyl sites for hydroxylation is 1. The van der Waals surface area contributed by atoms with Crippen LogP contribution in [0.5, 0.6) is 11.5 Å². The quantitative estimate of drug-likeness (QED) is 0.135. The van der Waals surface area contributed by atoms with Crippen molar-refractivity contribution < 1.29 is 14.3 Å². The van der Waals surface area contributed by atoms with Crippen LogP contribution in [0, 0.1) is 18.3 Å². The lowest BCUT2D eigenvalue weighted by molar-refractivity contribution is -0.112. The number of fused-ring (bicyclic) bond motifs is 1. The van der Waals surface area contributed by atoms with Crippen LogP contribution in [0.4, 0.5) is 5.69 Å². The second-order valence-corrected chi connectivity index (χ2v) is 10.4. The lowest BCUT2D eigenvalue weighted by Gasteiger charge is -2.12. The molecule has 0 aliphatic rings. The number of carbonyl (C=O) groups excluding carboxylic acids is 1. The number of carbonyl (C=O) groups is 1. The molecule has 0 unspecified atom stereocenters. The SMILES string of the molecule is Cc1ccc2ccccc2c1COc1ccc(/C=C(\C#N)C(=O)Nc2ccc(OCc3ccc(Br)cc3)cc2)cc1. The van der Waals surface area contributed by atoms with Gasteiger partial charge < -0.3 is 14.8 Å². The molecule has 0 heterocycles. The number of nitrogens with one attached hydrogen (secondary N) is 1. The summed E-state index contributed by atoms with van der Waals surface area (Å²) >= 11 is 3.42. The monoisotopic (exact) mass is 602 g/mol. The van der Waals surface area contributed by atoms with Crippen molar-refractivity contribution in [3.63, 3.8) is 0 Å². The number of hydrogen-bond donors (Lipinski definition) is 1. The van der Waals surface area contributed by atoms with Gasteiger partial charge >= 0.3 is 0 Å². The number of halogens is 1. The first kappa shape index (κ1) is 27.7. The second kappa shape index (κ2) is 13.0. The van der Waals surface area contributed by atoms with E-state index in [1.165, 1.54) is 16.3 Å². The van der Waals surface area contributed by atoms with E-state index < -0.39 is 5.91 Å². The maximum atomic E-state index is 12.8. The number of nitrogens with zero attached hydrogens (tertiary/aromatic N) is 1. The smallest absolute Gasteiger partial charge is 0.266 e. The molecule has 0 aliphatic heterocycles. The lowest BCUT2D eigenvalue weighted by Crippen LogP contribution is -2.13. The molecule has 5 nitrogen and oxygen atoms in total. The summed E-state index contributed by atoms with van der Waals surface area (Å²) in [5.41, 5.74) is 4.67. The van der Waals surface area contributed by atoms with Crippen molar-refractivity contribution in [3.05, 3.63) is 141 Å². The molecule has 5 aromatic rings. The first-order chi connectivity index (χ1) is 20.0. The molecular formula is C35H27BrN2O3. The predicted octanol–water partition coefficient (Wildman–Crippen LogP) is 8.61. The highest BCUT2D eigenvalue weighted by atomic mass is 79.9. The van der Waals surface area contributed by atoms with Gasteiger partial charge in [0.05, 0.1) is 0 Å². The Bertz CT molecular complexity index is 1740.